The van der Waals surface area contributed by atoms with Gasteiger partial charge >= 0.3 is 18.2 Å². The number of benzene rings is 3. The number of anilines is 3. The zero-order valence-electron chi connectivity index (χ0n) is 20.5. The molecule has 3 amide bonds. The fourth-order valence-corrected chi connectivity index (χ4v) is 4.23. The van der Waals surface area contributed by atoms with Gasteiger partial charge in [0.1, 0.15) is 11.4 Å². The summed E-state index contributed by atoms with van der Waals surface area (Å²) in [5.41, 5.74) is -3.17. The lowest BCUT2D eigenvalue weighted by molar-refractivity contribution is -0.137. The van der Waals surface area contributed by atoms with Crippen molar-refractivity contribution in [2.45, 2.75) is 32.1 Å². The van der Waals surface area contributed by atoms with Crippen LogP contribution in [0.1, 0.15) is 40.9 Å². The molecule has 1 aliphatic rings. The van der Waals surface area contributed by atoms with E-state index in [2.05, 4.69) is 5.32 Å². The minimum absolute atomic E-state index is 0.0818. The molecule has 0 saturated carbocycles. The maximum atomic E-state index is 13.6. The smallest absolute Gasteiger partial charge is 0.417 e. The molecule has 1 saturated heterocycles. The number of amides is 3. The van der Waals surface area contributed by atoms with Crippen LogP contribution in [0.5, 0.6) is 0 Å². The molecule has 4 rings (SSSR count). The van der Waals surface area contributed by atoms with E-state index in [4.69, 9.17) is 5.26 Å². The Hall–Kier alpha value is -4.92. The van der Waals surface area contributed by atoms with Crippen LogP contribution >= 0.6 is 0 Å². The van der Waals surface area contributed by atoms with Crippen molar-refractivity contribution in [2.24, 2.45) is 0 Å². The normalized spacial score (nSPS) is 14.9. The Morgan fingerprint density at radius 2 is 1.74 bits per heavy atom. The van der Waals surface area contributed by atoms with Crippen molar-refractivity contribution in [1.29, 1.82) is 5.26 Å². The summed E-state index contributed by atoms with van der Waals surface area (Å²) in [7, 11) is 0. The average Bonchev–Trinajstić information content (AvgIpc) is 3.04. The van der Waals surface area contributed by atoms with Crippen LogP contribution in [0.4, 0.5) is 39.4 Å². The molecule has 0 unspecified atom stereocenters. The highest BCUT2D eigenvalue weighted by Gasteiger charge is 2.52. The molecule has 3 aromatic rings. The van der Waals surface area contributed by atoms with E-state index in [0.717, 1.165) is 24.3 Å². The van der Waals surface area contributed by atoms with Crippen LogP contribution in [0.3, 0.4) is 0 Å². The van der Waals surface area contributed by atoms with Gasteiger partial charge in [-0.3, -0.25) is 4.79 Å². The summed E-state index contributed by atoms with van der Waals surface area (Å²) in [6.07, 6.45) is -4.89. The fourth-order valence-electron chi connectivity index (χ4n) is 4.23. The van der Waals surface area contributed by atoms with Gasteiger partial charge in [-0.1, -0.05) is 18.2 Å². The maximum Gasteiger partial charge on any atom is 0.417 e. The van der Waals surface area contributed by atoms with Crippen molar-refractivity contribution in [1.82, 2.24) is 4.90 Å². The molecule has 0 spiro atoms. The molecule has 1 heterocycles. The van der Waals surface area contributed by atoms with E-state index in [0.29, 0.717) is 22.2 Å². The van der Waals surface area contributed by atoms with E-state index in [9.17, 15) is 37.1 Å². The molecular formula is C27H20F4N4O4. The van der Waals surface area contributed by atoms with Crippen LogP contribution in [0.2, 0.25) is 0 Å². The number of imide groups is 1. The molecule has 3 aromatic carbocycles. The van der Waals surface area contributed by atoms with Gasteiger partial charge in [-0.05, 0) is 61.9 Å². The predicted molar refractivity (Wildman–Crippen MR) is 132 cm³/mol. The highest BCUT2D eigenvalue weighted by molar-refractivity contribution is 6.23. The number of nitrogens with one attached hydrogen (secondary N) is 1. The van der Waals surface area contributed by atoms with E-state index in [1.54, 1.807) is 24.3 Å². The Morgan fingerprint density at radius 3 is 2.38 bits per heavy atom. The van der Waals surface area contributed by atoms with Gasteiger partial charge in [0.15, 0.2) is 0 Å². The molecule has 0 atom stereocenters. The van der Waals surface area contributed by atoms with Crippen molar-refractivity contribution >= 4 is 35.0 Å². The number of nitriles is 1. The number of carbonyl (C=O) groups is 3. The first-order valence-electron chi connectivity index (χ1n) is 11.4. The van der Waals surface area contributed by atoms with Gasteiger partial charge in [-0.15, -0.1) is 0 Å². The van der Waals surface area contributed by atoms with Crippen LogP contribution in [-0.2, 0) is 17.5 Å². The lowest BCUT2D eigenvalue weighted by Gasteiger charge is -2.28. The van der Waals surface area contributed by atoms with Gasteiger partial charge < -0.3 is 15.3 Å². The van der Waals surface area contributed by atoms with Crippen molar-refractivity contribution in [3.63, 3.8) is 0 Å². The number of halogens is 4. The molecule has 8 nitrogen and oxygen atoms in total. The molecular weight excluding hydrogens is 520 g/mol. The molecule has 0 aliphatic carbocycles. The van der Waals surface area contributed by atoms with Crippen LogP contribution < -0.4 is 10.2 Å². The second-order valence-electron chi connectivity index (χ2n) is 9.18. The number of urea groups is 1. The van der Waals surface area contributed by atoms with Gasteiger partial charge in [0.2, 0.25) is 0 Å². The monoisotopic (exact) mass is 540 g/mol. The number of carboxylic acid groups (broad SMARTS) is 1. The van der Waals surface area contributed by atoms with Gasteiger partial charge in [0.05, 0.1) is 40.7 Å². The summed E-state index contributed by atoms with van der Waals surface area (Å²) in [4.78, 5) is 40.1. The minimum Gasteiger partial charge on any atom is -0.478 e. The van der Waals surface area contributed by atoms with E-state index in [1.165, 1.54) is 30.9 Å². The maximum absolute atomic E-state index is 13.6. The second kappa shape index (κ2) is 9.75. The van der Waals surface area contributed by atoms with Crippen LogP contribution in [-0.4, -0.2) is 33.5 Å². The van der Waals surface area contributed by atoms with E-state index >= 15 is 0 Å². The summed E-state index contributed by atoms with van der Waals surface area (Å²) in [6, 6.07) is 12.8. The number of carboxylic acids is 1. The van der Waals surface area contributed by atoms with Gasteiger partial charge in [0, 0.05) is 5.69 Å². The fraction of sp³-hybridized carbons (Fsp3) is 0.185. The van der Waals surface area contributed by atoms with Crippen molar-refractivity contribution in [3.8, 4) is 6.07 Å². The zero-order chi connectivity index (χ0) is 28.7. The minimum atomic E-state index is -4.89. The Labute approximate surface area is 219 Å². The molecule has 1 fully saturated rings. The summed E-state index contributed by atoms with van der Waals surface area (Å²) >= 11 is 0. The van der Waals surface area contributed by atoms with Crippen LogP contribution in [0.15, 0.2) is 60.7 Å². The number of aromatic carboxylic acids is 1. The van der Waals surface area contributed by atoms with Gasteiger partial charge in [-0.25, -0.2) is 18.9 Å². The average molecular weight is 540 g/mol. The third kappa shape index (κ3) is 4.98. The lowest BCUT2D eigenvalue weighted by atomic mass is 10.0. The number of rotatable bonds is 6. The largest absolute Gasteiger partial charge is 0.478 e. The summed E-state index contributed by atoms with van der Waals surface area (Å²) < 4.78 is 54.2. The highest BCUT2D eigenvalue weighted by atomic mass is 19.4. The third-order valence-electron chi connectivity index (χ3n) is 6.34. The topological polar surface area (TPSA) is 114 Å². The Bertz CT molecular complexity index is 1550. The predicted octanol–water partition coefficient (Wildman–Crippen LogP) is 5.91. The van der Waals surface area contributed by atoms with Gasteiger partial charge in [-0.2, -0.15) is 18.4 Å². The molecule has 1 aliphatic heterocycles. The number of nitrogens with zero attached hydrogens (tertiary/aromatic N) is 3. The zero-order valence-corrected chi connectivity index (χ0v) is 20.5. The van der Waals surface area contributed by atoms with Crippen molar-refractivity contribution < 1.29 is 37.1 Å². The first-order chi connectivity index (χ1) is 18.3. The van der Waals surface area contributed by atoms with Crippen molar-refractivity contribution in [2.75, 3.05) is 10.2 Å². The number of hydrogen-bond donors (Lipinski definition) is 2. The first kappa shape index (κ1) is 27.1. The Morgan fingerprint density at radius 1 is 1.05 bits per heavy atom. The molecule has 39 heavy (non-hydrogen) atoms. The second-order valence-corrected chi connectivity index (χ2v) is 9.18. The summed E-state index contributed by atoms with van der Waals surface area (Å²) in [5.74, 6) is -2.89. The Balaban J connectivity index is 1.70. The number of para-hydroxylation sites is 1. The number of hydrogen-bond acceptors (Lipinski definition) is 5. The Kier molecular flexibility index (Phi) is 6.78. The highest BCUT2D eigenvalue weighted by Crippen LogP contribution is 2.39. The summed E-state index contributed by atoms with van der Waals surface area (Å²) in [5, 5.41) is 21.4. The molecule has 12 heteroatoms. The van der Waals surface area contributed by atoms with Gasteiger partial charge in [0.25, 0.3) is 5.91 Å². The number of alkyl halides is 3. The van der Waals surface area contributed by atoms with Crippen LogP contribution in [0, 0.1) is 17.1 Å². The van der Waals surface area contributed by atoms with Crippen molar-refractivity contribution in [3.05, 3.63) is 88.7 Å². The molecule has 0 aromatic heterocycles. The van der Waals surface area contributed by atoms with E-state index < -0.39 is 46.6 Å². The molecule has 200 valence electrons. The lowest BCUT2D eigenvalue weighted by Crippen LogP contribution is -2.43. The standard InChI is InChI=1S/C27H20F4N4O4/c1-26(2)24(38)35(18-9-7-15(13-32)20(12-18)27(29,30)31)25(39)34(26)14-16-5-3-4-6-21(16)33-22-10-8-17(28)11-19(22)23(36)37/h3-12,33H,14H2,1-2H3,(H,36,37). The SMILES string of the molecule is CC1(C)C(=O)N(c2ccc(C#N)c(C(F)(F)F)c2)C(=O)N1Cc1ccccc1Nc1ccc(F)cc1C(=O)O. The molecule has 2 N–H and O–H groups in total. The van der Waals surface area contributed by atoms with Crippen LogP contribution in [0.25, 0.3) is 0 Å². The molecule has 0 radical (unpaired) electrons. The van der Waals surface area contributed by atoms with E-state index in [1.807, 2.05) is 0 Å². The first-order valence-corrected chi connectivity index (χ1v) is 11.4. The number of carbonyl (C=O) groups excluding carboxylic acids is 2. The summed E-state index contributed by atoms with van der Waals surface area (Å²) in [6.45, 7) is 2.71. The molecule has 0 bridgehead atoms. The quantitative estimate of drug-likeness (QED) is 0.297. The van der Waals surface area contributed by atoms with E-state index in [-0.39, 0.29) is 23.5 Å². The third-order valence-corrected chi connectivity index (χ3v) is 6.34.